The standard InChI is InChI=1S/C20H19NO2S/c1-15(22)10-11-16-6-5-9-19(12-16)23-13-18-14-24-20(21-18)17-7-3-2-4-8-17/h2-12,14-15,22H,13H2,1H3. The van der Waals surface area contributed by atoms with Crippen LogP contribution in [0.2, 0.25) is 0 Å². The number of hydrogen-bond acceptors (Lipinski definition) is 4. The van der Waals surface area contributed by atoms with E-state index in [0.717, 1.165) is 27.6 Å². The molecule has 0 saturated heterocycles. The van der Waals surface area contributed by atoms with Gasteiger partial charge in [0.05, 0.1) is 11.8 Å². The smallest absolute Gasteiger partial charge is 0.131 e. The summed E-state index contributed by atoms with van der Waals surface area (Å²) in [5.41, 5.74) is 3.04. The van der Waals surface area contributed by atoms with Crippen LogP contribution < -0.4 is 4.74 Å². The van der Waals surface area contributed by atoms with E-state index < -0.39 is 6.10 Å². The molecule has 1 atom stereocenters. The molecule has 0 radical (unpaired) electrons. The molecule has 0 amide bonds. The number of rotatable bonds is 6. The molecule has 3 aromatic rings. The molecule has 3 rings (SSSR count). The lowest BCUT2D eigenvalue weighted by molar-refractivity contribution is 0.245. The molecule has 3 nitrogen and oxygen atoms in total. The maximum absolute atomic E-state index is 9.31. The van der Waals surface area contributed by atoms with Gasteiger partial charge in [-0.15, -0.1) is 11.3 Å². The number of aromatic nitrogens is 1. The lowest BCUT2D eigenvalue weighted by Gasteiger charge is -2.05. The summed E-state index contributed by atoms with van der Waals surface area (Å²) in [6, 6.07) is 17.9. The Labute approximate surface area is 145 Å². The molecule has 0 aliphatic carbocycles. The van der Waals surface area contributed by atoms with Crippen molar-refractivity contribution in [1.29, 1.82) is 0 Å². The Bertz CT molecular complexity index is 809. The molecule has 122 valence electrons. The van der Waals surface area contributed by atoms with Crippen molar-refractivity contribution in [3.63, 3.8) is 0 Å². The van der Waals surface area contributed by atoms with Crippen LogP contribution in [0.5, 0.6) is 5.75 Å². The Morgan fingerprint density at radius 3 is 2.79 bits per heavy atom. The van der Waals surface area contributed by atoms with E-state index in [1.165, 1.54) is 0 Å². The predicted molar refractivity (Wildman–Crippen MR) is 99.0 cm³/mol. The largest absolute Gasteiger partial charge is 0.487 e. The Morgan fingerprint density at radius 2 is 2.00 bits per heavy atom. The van der Waals surface area contributed by atoms with Crippen LogP contribution in [0, 0.1) is 0 Å². The van der Waals surface area contributed by atoms with Gasteiger partial charge in [-0.2, -0.15) is 0 Å². The Kier molecular flexibility index (Phi) is 5.41. The monoisotopic (exact) mass is 337 g/mol. The fourth-order valence-electron chi connectivity index (χ4n) is 2.20. The van der Waals surface area contributed by atoms with Gasteiger partial charge in [0, 0.05) is 10.9 Å². The van der Waals surface area contributed by atoms with Gasteiger partial charge in [-0.1, -0.05) is 54.6 Å². The van der Waals surface area contributed by atoms with Gasteiger partial charge in [0.1, 0.15) is 17.4 Å². The third-order valence-electron chi connectivity index (χ3n) is 3.38. The molecule has 0 spiro atoms. The van der Waals surface area contributed by atoms with Gasteiger partial charge in [-0.3, -0.25) is 0 Å². The first-order valence-corrected chi connectivity index (χ1v) is 8.67. The molecule has 0 aliphatic rings. The van der Waals surface area contributed by atoms with Gasteiger partial charge in [0.2, 0.25) is 0 Å². The molecule has 1 aromatic heterocycles. The number of aliphatic hydroxyl groups is 1. The molecule has 1 unspecified atom stereocenters. The highest BCUT2D eigenvalue weighted by Gasteiger charge is 2.05. The zero-order valence-corrected chi connectivity index (χ0v) is 14.2. The van der Waals surface area contributed by atoms with E-state index in [1.807, 2.05) is 53.9 Å². The maximum atomic E-state index is 9.31. The van der Waals surface area contributed by atoms with Gasteiger partial charge in [0.15, 0.2) is 0 Å². The molecular weight excluding hydrogens is 318 g/mol. The SMILES string of the molecule is CC(O)C=Cc1cccc(OCc2csc(-c3ccccc3)n2)c1. The summed E-state index contributed by atoms with van der Waals surface area (Å²) in [7, 11) is 0. The van der Waals surface area contributed by atoms with E-state index in [4.69, 9.17) is 4.74 Å². The average molecular weight is 337 g/mol. The maximum Gasteiger partial charge on any atom is 0.131 e. The highest BCUT2D eigenvalue weighted by atomic mass is 32.1. The van der Waals surface area contributed by atoms with Crippen LogP contribution >= 0.6 is 11.3 Å². The summed E-state index contributed by atoms with van der Waals surface area (Å²) in [4.78, 5) is 4.62. The van der Waals surface area contributed by atoms with E-state index in [2.05, 4.69) is 17.1 Å². The first-order chi connectivity index (χ1) is 11.7. The number of thiazole rings is 1. The van der Waals surface area contributed by atoms with Crippen molar-refractivity contribution in [3.05, 3.63) is 77.3 Å². The fraction of sp³-hybridized carbons (Fsp3) is 0.150. The second kappa shape index (κ2) is 7.90. The van der Waals surface area contributed by atoms with Crippen LogP contribution in [0.15, 0.2) is 66.1 Å². The van der Waals surface area contributed by atoms with Crippen molar-refractivity contribution in [3.8, 4) is 16.3 Å². The second-order valence-corrected chi connectivity index (χ2v) is 6.33. The molecule has 0 aliphatic heterocycles. The van der Waals surface area contributed by atoms with E-state index in [0.29, 0.717) is 6.61 Å². The van der Waals surface area contributed by atoms with Crippen molar-refractivity contribution in [1.82, 2.24) is 4.98 Å². The van der Waals surface area contributed by atoms with Gasteiger partial charge in [-0.05, 0) is 24.6 Å². The average Bonchev–Trinajstić information content (AvgIpc) is 3.08. The van der Waals surface area contributed by atoms with Gasteiger partial charge in [-0.25, -0.2) is 4.98 Å². The van der Waals surface area contributed by atoms with Crippen LogP contribution in [0.1, 0.15) is 18.2 Å². The Balaban J connectivity index is 1.64. The Hall–Kier alpha value is -2.43. The van der Waals surface area contributed by atoms with Gasteiger partial charge < -0.3 is 9.84 Å². The predicted octanol–water partition coefficient (Wildman–Crippen LogP) is 4.78. The van der Waals surface area contributed by atoms with Crippen LogP contribution in [-0.2, 0) is 6.61 Å². The van der Waals surface area contributed by atoms with E-state index in [1.54, 1.807) is 24.3 Å². The molecule has 0 saturated carbocycles. The first-order valence-electron chi connectivity index (χ1n) is 7.80. The van der Waals surface area contributed by atoms with E-state index in [-0.39, 0.29) is 0 Å². The molecule has 0 fully saturated rings. The van der Waals surface area contributed by atoms with Crippen molar-refractivity contribution >= 4 is 17.4 Å². The minimum atomic E-state index is -0.457. The minimum absolute atomic E-state index is 0.437. The highest BCUT2D eigenvalue weighted by Crippen LogP contribution is 2.24. The van der Waals surface area contributed by atoms with Gasteiger partial charge in [0.25, 0.3) is 0 Å². The molecular formula is C20H19NO2S. The lowest BCUT2D eigenvalue weighted by Crippen LogP contribution is -1.96. The number of aliphatic hydroxyl groups excluding tert-OH is 1. The number of nitrogens with zero attached hydrogens (tertiary/aromatic N) is 1. The van der Waals surface area contributed by atoms with Crippen molar-refractivity contribution < 1.29 is 9.84 Å². The summed E-state index contributed by atoms with van der Waals surface area (Å²) >= 11 is 1.62. The first kappa shape index (κ1) is 16.4. The summed E-state index contributed by atoms with van der Waals surface area (Å²) in [5.74, 6) is 0.789. The van der Waals surface area contributed by atoms with Crippen LogP contribution in [0.4, 0.5) is 0 Å². The quantitative estimate of drug-likeness (QED) is 0.703. The normalized spacial score (nSPS) is 12.4. The number of ether oxygens (including phenoxy) is 1. The topological polar surface area (TPSA) is 42.4 Å². The molecule has 1 heterocycles. The Morgan fingerprint density at radius 1 is 1.17 bits per heavy atom. The third-order valence-corrected chi connectivity index (χ3v) is 4.32. The fourth-order valence-corrected chi connectivity index (χ4v) is 3.01. The van der Waals surface area contributed by atoms with Gasteiger partial charge >= 0.3 is 0 Å². The van der Waals surface area contributed by atoms with E-state index in [9.17, 15) is 5.11 Å². The minimum Gasteiger partial charge on any atom is -0.487 e. The zero-order chi connectivity index (χ0) is 16.8. The molecule has 2 aromatic carbocycles. The summed E-state index contributed by atoms with van der Waals surface area (Å²) in [6.07, 6.45) is 3.17. The van der Waals surface area contributed by atoms with Crippen molar-refractivity contribution in [2.24, 2.45) is 0 Å². The molecule has 4 heteroatoms. The number of benzene rings is 2. The van der Waals surface area contributed by atoms with Crippen LogP contribution in [0.3, 0.4) is 0 Å². The summed E-state index contributed by atoms with van der Waals surface area (Å²) < 4.78 is 5.84. The molecule has 1 N–H and O–H groups in total. The third kappa shape index (κ3) is 4.54. The summed E-state index contributed by atoms with van der Waals surface area (Å²) in [6.45, 7) is 2.16. The molecule has 0 bridgehead atoms. The van der Waals surface area contributed by atoms with E-state index >= 15 is 0 Å². The lowest BCUT2D eigenvalue weighted by atomic mass is 10.2. The number of hydrogen-bond donors (Lipinski definition) is 1. The zero-order valence-electron chi connectivity index (χ0n) is 13.4. The van der Waals surface area contributed by atoms with Crippen LogP contribution in [-0.4, -0.2) is 16.2 Å². The van der Waals surface area contributed by atoms with Crippen molar-refractivity contribution in [2.75, 3.05) is 0 Å². The second-order valence-electron chi connectivity index (χ2n) is 5.47. The highest BCUT2D eigenvalue weighted by molar-refractivity contribution is 7.13. The van der Waals surface area contributed by atoms with Crippen molar-refractivity contribution in [2.45, 2.75) is 19.6 Å². The molecule has 24 heavy (non-hydrogen) atoms. The van der Waals surface area contributed by atoms with Crippen LogP contribution in [0.25, 0.3) is 16.6 Å². The summed E-state index contributed by atoms with van der Waals surface area (Å²) in [5, 5.41) is 12.3.